The maximum atomic E-state index is 4.24. The highest BCUT2D eigenvalue weighted by atomic mass is 32.1. The highest BCUT2D eigenvalue weighted by molar-refractivity contribution is 7.09. The Balaban J connectivity index is 1.75. The van der Waals surface area contributed by atoms with Crippen molar-refractivity contribution in [1.29, 1.82) is 0 Å². The molecule has 18 heavy (non-hydrogen) atoms. The molecule has 0 aliphatic rings. The van der Waals surface area contributed by atoms with Crippen LogP contribution in [0.25, 0.3) is 5.69 Å². The zero-order valence-electron chi connectivity index (χ0n) is 9.65. The molecule has 1 N–H and O–H groups in total. The molecular weight excluding hydrogens is 244 g/mol. The molecule has 0 aliphatic carbocycles. The fourth-order valence-electron chi connectivity index (χ4n) is 1.70. The lowest BCUT2D eigenvalue weighted by molar-refractivity contribution is 0.880. The van der Waals surface area contributed by atoms with Crippen molar-refractivity contribution < 1.29 is 0 Å². The number of anilines is 1. The van der Waals surface area contributed by atoms with E-state index in [4.69, 9.17) is 0 Å². The van der Waals surface area contributed by atoms with Gasteiger partial charge in [0.25, 0.3) is 0 Å². The number of thiazole rings is 1. The maximum Gasteiger partial charge on any atom is 0.112 e. The average Bonchev–Trinajstić information content (AvgIpc) is 3.10. The lowest BCUT2D eigenvalue weighted by atomic mass is 10.3. The number of hydrogen-bond acceptors (Lipinski definition) is 4. The SMILES string of the molecule is c1cc(NCc2nccs2)cc(-n2cccn2)c1. The van der Waals surface area contributed by atoms with Crippen LogP contribution in [-0.2, 0) is 6.54 Å². The smallest absolute Gasteiger partial charge is 0.112 e. The lowest BCUT2D eigenvalue weighted by Gasteiger charge is -2.07. The molecule has 3 rings (SSSR count). The quantitative estimate of drug-likeness (QED) is 0.780. The number of nitrogens with one attached hydrogen (secondary N) is 1. The minimum Gasteiger partial charge on any atom is -0.378 e. The third-order valence-electron chi connectivity index (χ3n) is 2.54. The van der Waals surface area contributed by atoms with Crippen LogP contribution in [0.5, 0.6) is 0 Å². The van der Waals surface area contributed by atoms with Gasteiger partial charge >= 0.3 is 0 Å². The predicted octanol–water partition coefficient (Wildman–Crippen LogP) is 2.94. The van der Waals surface area contributed by atoms with Crippen molar-refractivity contribution in [2.75, 3.05) is 5.32 Å². The van der Waals surface area contributed by atoms with E-state index in [1.165, 1.54) is 0 Å². The van der Waals surface area contributed by atoms with Gasteiger partial charge in [0.1, 0.15) is 5.01 Å². The Hall–Kier alpha value is -2.14. The van der Waals surface area contributed by atoms with Crippen molar-refractivity contribution in [2.45, 2.75) is 6.54 Å². The molecule has 1 aromatic carbocycles. The summed E-state index contributed by atoms with van der Waals surface area (Å²) in [6.45, 7) is 0.750. The van der Waals surface area contributed by atoms with Crippen molar-refractivity contribution in [3.05, 3.63) is 59.3 Å². The first-order valence-electron chi connectivity index (χ1n) is 5.64. The van der Waals surface area contributed by atoms with Gasteiger partial charge in [-0.25, -0.2) is 9.67 Å². The third-order valence-corrected chi connectivity index (χ3v) is 3.32. The van der Waals surface area contributed by atoms with E-state index >= 15 is 0 Å². The van der Waals surface area contributed by atoms with Crippen LogP contribution in [0.2, 0.25) is 0 Å². The lowest BCUT2D eigenvalue weighted by Crippen LogP contribution is -2.00. The number of aromatic nitrogens is 3. The predicted molar refractivity (Wildman–Crippen MR) is 73.0 cm³/mol. The second kappa shape index (κ2) is 5.01. The first-order chi connectivity index (χ1) is 8.92. The van der Waals surface area contributed by atoms with E-state index < -0.39 is 0 Å². The maximum absolute atomic E-state index is 4.24. The van der Waals surface area contributed by atoms with Gasteiger partial charge in [-0.1, -0.05) is 6.07 Å². The van der Waals surface area contributed by atoms with E-state index in [0.29, 0.717) is 0 Å². The largest absolute Gasteiger partial charge is 0.378 e. The van der Waals surface area contributed by atoms with Crippen molar-refractivity contribution >= 4 is 17.0 Å². The monoisotopic (exact) mass is 256 g/mol. The van der Waals surface area contributed by atoms with Gasteiger partial charge in [0.2, 0.25) is 0 Å². The molecule has 0 bridgehead atoms. The minimum atomic E-state index is 0.750. The van der Waals surface area contributed by atoms with Crippen LogP contribution >= 0.6 is 11.3 Å². The van der Waals surface area contributed by atoms with Crippen molar-refractivity contribution in [1.82, 2.24) is 14.8 Å². The third kappa shape index (κ3) is 2.41. The standard InChI is InChI=1S/C13H12N4S/c1-3-11(15-10-13-14-6-8-18-13)9-12(4-1)17-7-2-5-16-17/h1-9,15H,10H2. The van der Waals surface area contributed by atoms with Crippen LogP contribution in [0.4, 0.5) is 5.69 Å². The summed E-state index contributed by atoms with van der Waals surface area (Å²) < 4.78 is 1.84. The molecule has 0 atom stereocenters. The summed E-state index contributed by atoms with van der Waals surface area (Å²) in [7, 11) is 0. The Morgan fingerprint density at radius 3 is 3.00 bits per heavy atom. The molecular formula is C13H12N4S. The van der Waals surface area contributed by atoms with E-state index in [9.17, 15) is 0 Å². The van der Waals surface area contributed by atoms with Crippen LogP contribution in [-0.4, -0.2) is 14.8 Å². The molecule has 5 heteroatoms. The molecule has 90 valence electrons. The molecule has 0 unspecified atom stereocenters. The van der Waals surface area contributed by atoms with Crippen LogP contribution < -0.4 is 5.32 Å². The molecule has 0 amide bonds. The molecule has 2 aromatic heterocycles. The first kappa shape index (κ1) is 11.0. The van der Waals surface area contributed by atoms with Crippen LogP contribution in [0.3, 0.4) is 0 Å². The topological polar surface area (TPSA) is 42.7 Å². The second-order valence-electron chi connectivity index (χ2n) is 3.78. The zero-order chi connectivity index (χ0) is 12.2. The Morgan fingerprint density at radius 2 is 2.22 bits per heavy atom. The Morgan fingerprint density at radius 1 is 1.22 bits per heavy atom. The molecule has 0 aliphatic heterocycles. The molecule has 0 saturated heterocycles. The molecule has 2 heterocycles. The highest BCUT2D eigenvalue weighted by Crippen LogP contribution is 2.15. The summed E-state index contributed by atoms with van der Waals surface area (Å²) in [5, 5.41) is 10.6. The van der Waals surface area contributed by atoms with E-state index in [2.05, 4.69) is 21.5 Å². The van der Waals surface area contributed by atoms with E-state index in [0.717, 1.165) is 22.9 Å². The molecule has 0 spiro atoms. The summed E-state index contributed by atoms with van der Waals surface area (Å²) in [6, 6.07) is 10.1. The second-order valence-corrected chi connectivity index (χ2v) is 4.76. The number of nitrogens with zero attached hydrogens (tertiary/aromatic N) is 3. The van der Waals surface area contributed by atoms with Gasteiger partial charge < -0.3 is 5.32 Å². The number of rotatable bonds is 4. The summed E-state index contributed by atoms with van der Waals surface area (Å²) in [6.07, 6.45) is 5.53. The van der Waals surface area contributed by atoms with Crippen molar-refractivity contribution in [3.63, 3.8) is 0 Å². The molecule has 3 aromatic rings. The summed E-state index contributed by atoms with van der Waals surface area (Å²) >= 11 is 1.65. The van der Waals surface area contributed by atoms with Gasteiger partial charge in [0.05, 0.1) is 12.2 Å². The van der Waals surface area contributed by atoms with E-state index in [1.54, 1.807) is 17.5 Å². The Labute approximate surface area is 109 Å². The Bertz CT molecular complexity index is 602. The summed E-state index contributed by atoms with van der Waals surface area (Å²) in [4.78, 5) is 4.24. The summed E-state index contributed by atoms with van der Waals surface area (Å²) in [5.41, 5.74) is 2.11. The van der Waals surface area contributed by atoms with Crippen molar-refractivity contribution in [3.8, 4) is 5.69 Å². The molecule has 4 nitrogen and oxygen atoms in total. The van der Waals surface area contributed by atoms with E-state index in [-0.39, 0.29) is 0 Å². The van der Waals surface area contributed by atoms with E-state index in [1.807, 2.05) is 46.7 Å². The molecule has 0 saturated carbocycles. The normalized spacial score (nSPS) is 10.4. The fraction of sp³-hybridized carbons (Fsp3) is 0.0769. The zero-order valence-corrected chi connectivity index (χ0v) is 10.5. The fourth-order valence-corrected chi connectivity index (χ4v) is 2.25. The minimum absolute atomic E-state index is 0.750. The summed E-state index contributed by atoms with van der Waals surface area (Å²) in [5.74, 6) is 0. The van der Waals surface area contributed by atoms with Crippen molar-refractivity contribution in [2.24, 2.45) is 0 Å². The Kier molecular flexibility index (Phi) is 3.06. The van der Waals surface area contributed by atoms with Crippen LogP contribution in [0.15, 0.2) is 54.3 Å². The van der Waals surface area contributed by atoms with Crippen LogP contribution in [0, 0.1) is 0 Å². The van der Waals surface area contributed by atoms with Gasteiger partial charge in [-0.15, -0.1) is 11.3 Å². The van der Waals surface area contributed by atoms with Crippen LogP contribution in [0.1, 0.15) is 5.01 Å². The van der Waals surface area contributed by atoms with Gasteiger partial charge in [-0.2, -0.15) is 5.10 Å². The average molecular weight is 256 g/mol. The van der Waals surface area contributed by atoms with Gasteiger partial charge in [0.15, 0.2) is 0 Å². The number of benzene rings is 1. The molecule has 0 radical (unpaired) electrons. The number of hydrogen-bond donors (Lipinski definition) is 1. The van der Waals surface area contributed by atoms with Gasteiger partial charge in [0, 0.05) is 29.7 Å². The first-order valence-corrected chi connectivity index (χ1v) is 6.52. The van der Waals surface area contributed by atoms with Gasteiger partial charge in [-0.05, 0) is 24.3 Å². The highest BCUT2D eigenvalue weighted by Gasteiger charge is 1.99. The van der Waals surface area contributed by atoms with Gasteiger partial charge in [-0.3, -0.25) is 0 Å². The molecule has 0 fully saturated rings.